The molecule has 0 saturated carbocycles. The van der Waals surface area contributed by atoms with Crippen molar-refractivity contribution in [1.82, 2.24) is 4.90 Å². The number of carboxylic acids is 1. The van der Waals surface area contributed by atoms with Crippen LogP contribution in [0.25, 0.3) is 0 Å². The summed E-state index contributed by atoms with van der Waals surface area (Å²) in [5.41, 5.74) is -0.614. The maximum absolute atomic E-state index is 11.9. The third kappa shape index (κ3) is 3.48. The van der Waals surface area contributed by atoms with Gasteiger partial charge in [-0.15, -0.1) is 6.58 Å². The van der Waals surface area contributed by atoms with Crippen LogP contribution >= 0.6 is 0 Å². The van der Waals surface area contributed by atoms with Crippen LogP contribution in [0.2, 0.25) is 0 Å². The minimum Gasteiger partial charge on any atom is -0.480 e. The van der Waals surface area contributed by atoms with E-state index in [2.05, 4.69) is 6.58 Å². The highest BCUT2D eigenvalue weighted by molar-refractivity contribution is 5.81. The first-order chi connectivity index (χ1) is 8.26. The number of carbonyl (C=O) groups excluding carboxylic acids is 1. The number of carboxylic acid groups (broad SMARTS) is 1. The van der Waals surface area contributed by atoms with E-state index in [1.807, 2.05) is 0 Å². The van der Waals surface area contributed by atoms with E-state index in [0.29, 0.717) is 19.4 Å². The number of hydrogen-bond donors (Lipinski definition) is 1. The third-order valence-electron chi connectivity index (χ3n) is 2.87. The highest BCUT2D eigenvalue weighted by Gasteiger charge is 2.42. The van der Waals surface area contributed by atoms with Gasteiger partial charge in [-0.3, -0.25) is 4.90 Å². The van der Waals surface area contributed by atoms with E-state index in [9.17, 15) is 14.7 Å². The lowest BCUT2D eigenvalue weighted by molar-refractivity contribution is -0.143. The van der Waals surface area contributed by atoms with E-state index in [1.165, 1.54) is 4.90 Å². The SMILES string of the molecule is C=CC[C@H]1CCN(C(=O)OC(C)(C)C)[C@@H]1C(=O)O. The molecule has 102 valence electrons. The van der Waals surface area contributed by atoms with Gasteiger partial charge in [-0.2, -0.15) is 0 Å². The van der Waals surface area contributed by atoms with Gasteiger partial charge in [-0.1, -0.05) is 6.08 Å². The summed E-state index contributed by atoms with van der Waals surface area (Å²) in [4.78, 5) is 24.5. The largest absolute Gasteiger partial charge is 0.480 e. The maximum Gasteiger partial charge on any atom is 0.411 e. The molecule has 1 rings (SSSR count). The fourth-order valence-electron chi connectivity index (χ4n) is 2.18. The van der Waals surface area contributed by atoms with Crippen LogP contribution in [0.5, 0.6) is 0 Å². The molecule has 18 heavy (non-hydrogen) atoms. The molecule has 0 aliphatic carbocycles. The Labute approximate surface area is 107 Å². The number of carbonyl (C=O) groups is 2. The number of rotatable bonds is 3. The normalized spacial score (nSPS) is 23.8. The van der Waals surface area contributed by atoms with Crippen molar-refractivity contribution in [3.8, 4) is 0 Å². The Morgan fingerprint density at radius 3 is 2.56 bits per heavy atom. The minimum atomic E-state index is -0.981. The number of amides is 1. The number of nitrogens with zero attached hydrogens (tertiary/aromatic N) is 1. The molecular weight excluding hydrogens is 234 g/mol. The van der Waals surface area contributed by atoms with E-state index in [0.717, 1.165) is 0 Å². The first kappa shape index (κ1) is 14.5. The van der Waals surface area contributed by atoms with Gasteiger partial charge < -0.3 is 9.84 Å². The zero-order chi connectivity index (χ0) is 13.9. The van der Waals surface area contributed by atoms with Gasteiger partial charge in [0.15, 0.2) is 0 Å². The molecule has 5 nitrogen and oxygen atoms in total. The third-order valence-corrected chi connectivity index (χ3v) is 2.87. The molecule has 0 aromatic heterocycles. The molecule has 1 saturated heterocycles. The highest BCUT2D eigenvalue weighted by atomic mass is 16.6. The van der Waals surface area contributed by atoms with Crippen molar-refractivity contribution in [1.29, 1.82) is 0 Å². The lowest BCUT2D eigenvalue weighted by Crippen LogP contribution is -2.45. The van der Waals surface area contributed by atoms with Crippen LogP contribution in [0.4, 0.5) is 4.79 Å². The molecule has 1 amide bonds. The van der Waals surface area contributed by atoms with Gasteiger partial charge in [0.1, 0.15) is 11.6 Å². The molecule has 0 aromatic carbocycles. The first-order valence-corrected chi connectivity index (χ1v) is 6.09. The number of aliphatic carboxylic acids is 1. The molecule has 0 spiro atoms. The average Bonchev–Trinajstić information content (AvgIpc) is 2.59. The summed E-state index contributed by atoms with van der Waals surface area (Å²) in [7, 11) is 0. The van der Waals surface area contributed by atoms with E-state index >= 15 is 0 Å². The minimum absolute atomic E-state index is 0.0764. The van der Waals surface area contributed by atoms with Crippen LogP contribution in [0.1, 0.15) is 33.6 Å². The number of allylic oxidation sites excluding steroid dienone is 1. The van der Waals surface area contributed by atoms with Crippen molar-refractivity contribution in [2.75, 3.05) is 6.54 Å². The van der Waals surface area contributed by atoms with Gasteiger partial charge in [-0.05, 0) is 39.5 Å². The zero-order valence-electron chi connectivity index (χ0n) is 11.2. The Morgan fingerprint density at radius 1 is 1.50 bits per heavy atom. The predicted molar refractivity (Wildman–Crippen MR) is 67.3 cm³/mol. The van der Waals surface area contributed by atoms with Crippen molar-refractivity contribution in [3.05, 3.63) is 12.7 Å². The molecule has 0 radical (unpaired) electrons. The molecule has 1 heterocycles. The molecule has 0 bridgehead atoms. The number of likely N-dealkylation sites (tertiary alicyclic amines) is 1. The quantitative estimate of drug-likeness (QED) is 0.786. The van der Waals surface area contributed by atoms with Gasteiger partial charge >= 0.3 is 12.1 Å². The molecule has 5 heteroatoms. The molecule has 0 unspecified atom stereocenters. The number of hydrogen-bond acceptors (Lipinski definition) is 3. The zero-order valence-corrected chi connectivity index (χ0v) is 11.2. The average molecular weight is 255 g/mol. The van der Waals surface area contributed by atoms with Crippen LogP contribution in [0, 0.1) is 5.92 Å². The molecule has 1 aliphatic heterocycles. The van der Waals surface area contributed by atoms with Gasteiger partial charge in [0.25, 0.3) is 0 Å². The second-order valence-electron chi connectivity index (χ2n) is 5.53. The van der Waals surface area contributed by atoms with E-state index in [-0.39, 0.29) is 5.92 Å². The molecule has 1 fully saturated rings. The molecule has 2 atom stereocenters. The monoisotopic (exact) mass is 255 g/mol. The van der Waals surface area contributed by atoms with Crippen molar-refractivity contribution >= 4 is 12.1 Å². The fraction of sp³-hybridized carbons (Fsp3) is 0.692. The Hall–Kier alpha value is -1.52. The standard InChI is InChI=1S/C13H21NO4/c1-5-6-9-7-8-14(10(9)11(15)16)12(17)18-13(2,3)4/h5,9-10H,1,6-8H2,2-4H3,(H,15,16)/t9-,10-/m0/s1. The Bertz CT molecular complexity index is 345. The van der Waals surface area contributed by atoms with Crippen molar-refractivity contribution in [2.45, 2.75) is 45.3 Å². The Morgan fingerprint density at radius 2 is 2.11 bits per heavy atom. The molecule has 0 aromatic rings. The van der Waals surface area contributed by atoms with Crippen LogP contribution in [0.3, 0.4) is 0 Å². The summed E-state index contributed by atoms with van der Waals surface area (Å²) in [6.45, 7) is 9.33. The molecule has 1 aliphatic rings. The summed E-state index contributed by atoms with van der Waals surface area (Å²) < 4.78 is 5.23. The molecule has 1 N–H and O–H groups in total. The van der Waals surface area contributed by atoms with Crippen molar-refractivity contribution < 1.29 is 19.4 Å². The van der Waals surface area contributed by atoms with Gasteiger partial charge in [-0.25, -0.2) is 9.59 Å². The molecular formula is C13H21NO4. The smallest absolute Gasteiger partial charge is 0.411 e. The van der Waals surface area contributed by atoms with Crippen LogP contribution in [-0.2, 0) is 9.53 Å². The van der Waals surface area contributed by atoms with Crippen LogP contribution in [0.15, 0.2) is 12.7 Å². The lowest BCUT2D eigenvalue weighted by atomic mass is 9.97. The Kier molecular flexibility index (Phi) is 4.38. The summed E-state index contributed by atoms with van der Waals surface area (Å²) in [5.74, 6) is -1.06. The van der Waals surface area contributed by atoms with Crippen molar-refractivity contribution in [3.63, 3.8) is 0 Å². The summed E-state index contributed by atoms with van der Waals surface area (Å²) >= 11 is 0. The van der Waals surface area contributed by atoms with Crippen LogP contribution in [-0.4, -0.2) is 40.3 Å². The second kappa shape index (κ2) is 5.42. The van der Waals surface area contributed by atoms with Gasteiger partial charge in [0.2, 0.25) is 0 Å². The van der Waals surface area contributed by atoms with E-state index in [1.54, 1.807) is 26.8 Å². The predicted octanol–water partition coefficient (Wildman–Crippen LogP) is 2.27. The van der Waals surface area contributed by atoms with E-state index < -0.39 is 23.7 Å². The maximum atomic E-state index is 11.9. The van der Waals surface area contributed by atoms with Gasteiger partial charge in [0, 0.05) is 6.54 Å². The highest BCUT2D eigenvalue weighted by Crippen LogP contribution is 2.29. The topological polar surface area (TPSA) is 66.8 Å². The first-order valence-electron chi connectivity index (χ1n) is 6.09. The van der Waals surface area contributed by atoms with Crippen molar-refractivity contribution in [2.24, 2.45) is 5.92 Å². The summed E-state index contributed by atoms with van der Waals surface area (Å²) in [6.07, 6.45) is 2.40. The van der Waals surface area contributed by atoms with Gasteiger partial charge in [0.05, 0.1) is 0 Å². The number of ether oxygens (including phenoxy) is 1. The fourth-order valence-corrected chi connectivity index (χ4v) is 2.18. The summed E-state index contributed by atoms with van der Waals surface area (Å²) in [6, 6.07) is -0.808. The van der Waals surface area contributed by atoms with E-state index in [4.69, 9.17) is 4.74 Å². The lowest BCUT2D eigenvalue weighted by Gasteiger charge is -2.28. The Balaban J connectivity index is 2.79. The second-order valence-corrected chi connectivity index (χ2v) is 5.53. The summed E-state index contributed by atoms with van der Waals surface area (Å²) in [5, 5.41) is 9.24. The van der Waals surface area contributed by atoms with Crippen LogP contribution < -0.4 is 0 Å².